The summed E-state index contributed by atoms with van der Waals surface area (Å²) in [5.41, 5.74) is 0. The predicted octanol–water partition coefficient (Wildman–Crippen LogP) is 5.84. The van der Waals surface area contributed by atoms with Crippen molar-refractivity contribution in [3.05, 3.63) is 0 Å². The van der Waals surface area contributed by atoms with Crippen molar-refractivity contribution in [2.75, 3.05) is 0 Å². The molecule has 1 rings (SSSR count). The molecule has 0 radical (unpaired) electrons. The van der Waals surface area contributed by atoms with Gasteiger partial charge in [0, 0.05) is 19.3 Å². The van der Waals surface area contributed by atoms with E-state index in [-0.39, 0.29) is 12.1 Å². The van der Waals surface area contributed by atoms with E-state index in [1.54, 1.807) is 0 Å². The van der Waals surface area contributed by atoms with E-state index in [0.717, 1.165) is 51.4 Å². The standard InChI is InChI=1S/C21H38O3/c1-4-6-8-10-12-21(23)24-20-15-17(3)18(16-20)13-14-19(22)11-9-7-5-2/h17-18,20H,4-16H2,1-3H3. The van der Waals surface area contributed by atoms with Crippen LogP contribution in [0, 0.1) is 11.8 Å². The molecule has 0 aromatic rings. The zero-order chi connectivity index (χ0) is 17.8. The van der Waals surface area contributed by atoms with Gasteiger partial charge in [-0.25, -0.2) is 0 Å². The number of esters is 1. The van der Waals surface area contributed by atoms with Crippen LogP contribution in [-0.2, 0) is 14.3 Å². The maximum absolute atomic E-state index is 11.9. The fourth-order valence-corrected chi connectivity index (χ4v) is 3.76. The second kappa shape index (κ2) is 12.5. The van der Waals surface area contributed by atoms with Crippen molar-refractivity contribution in [3.63, 3.8) is 0 Å². The molecule has 24 heavy (non-hydrogen) atoms. The number of rotatable bonds is 13. The molecule has 0 aromatic carbocycles. The fourth-order valence-electron chi connectivity index (χ4n) is 3.76. The number of carbonyl (C=O) groups is 2. The summed E-state index contributed by atoms with van der Waals surface area (Å²) < 4.78 is 5.65. The number of hydrogen-bond acceptors (Lipinski definition) is 3. The first-order chi connectivity index (χ1) is 11.6. The van der Waals surface area contributed by atoms with Crippen LogP contribution in [0.2, 0.25) is 0 Å². The third-order valence-electron chi connectivity index (χ3n) is 5.39. The van der Waals surface area contributed by atoms with E-state index < -0.39 is 0 Å². The fraction of sp³-hybridized carbons (Fsp3) is 0.905. The molecule has 3 nitrogen and oxygen atoms in total. The molecule has 0 spiro atoms. The molecule has 0 bridgehead atoms. The van der Waals surface area contributed by atoms with Gasteiger partial charge in [0.15, 0.2) is 0 Å². The summed E-state index contributed by atoms with van der Waals surface area (Å²) in [6, 6.07) is 0. The summed E-state index contributed by atoms with van der Waals surface area (Å²) in [4.78, 5) is 23.8. The molecular formula is C21H38O3. The van der Waals surface area contributed by atoms with Crippen molar-refractivity contribution >= 4 is 11.8 Å². The molecule has 0 amide bonds. The van der Waals surface area contributed by atoms with Gasteiger partial charge >= 0.3 is 5.97 Å². The molecular weight excluding hydrogens is 300 g/mol. The van der Waals surface area contributed by atoms with E-state index in [4.69, 9.17) is 4.74 Å². The predicted molar refractivity (Wildman–Crippen MR) is 98.9 cm³/mol. The molecule has 0 aromatic heterocycles. The highest BCUT2D eigenvalue weighted by Crippen LogP contribution is 2.36. The molecule has 3 atom stereocenters. The molecule has 140 valence electrons. The topological polar surface area (TPSA) is 43.4 Å². The van der Waals surface area contributed by atoms with Gasteiger partial charge in [0.05, 0.1) is 0 Å². The van der Waals surface area contributed by atoms with Crippen molar-refractivity contribution in [1.82, 2.24) is 0 Å². The molecule has 0 aliphatic heterocycles. The summed E-state index contributed by atoms with van der Waals surface area (Å²) in [6.45, 7) is 6.57. The van der Waals surface area contributed by atoms with Crippen LogP contribution in [0.3, 0.4) is 0 Å². The van der Waals surface area contributed by atoms with Crippen LogP contribution in [0.15, 0.2) is 0 Å². The first-order valence-corrected chi connectivity index (χ1v) is 10.3. The normalized spacial score (nSPS) is 23.4. The van der Waals surface area contributed by atoms with Crippen molar-refractivity contribution in [2.45, 2.75) is 110 Å². The molecule has 0 saturated heterocycles. The second-order valence-corrected chi connectivity index (χ2v) is 7.67. The first-order valence-electron chi connectivity index (χ1n) is 10.3. The number of Topliss-reactive ketones (excluding diaryl/α,β-unsaturated/α-hetero) is 1. The lowest BCUT2D eigenvalue weighted by atomic mass is 9.91. The molecule has 3 unspecified atom stereocenters. The molecule has 0 heterocycles. The van der Waals surface area contributed by atoms with E-state index in [1.807, 2.05) is 0 Å². The Morgan fingerprint density at radius 3 is 2.25 bits per heavy atom. The Balaban J connectivity index is 2.19. The molecule has 1 aliphatic rings. The average molecular weight is 339 g/mol. The van der Waals surface area contributed by atoms with E-state index >= 15 is 0 Å². The van der Waals surface area contributed by atoms with Crippen LogP contribution in [0.5, 0.6) is 0 Å². The third-order valence-corrected chi connectivity index (χ3v) is 5.39. The summed E-state index contributed by atoms with van der Waals surface area (Å²) in [7, 11) is 0. The molecule has 0 N–H and O–H groups in total. The molecule has 1 fully saturated rings. The first kappa shape index (κ1) is 21.2. The van der Waals surface area contributed by atoms with E-state index in [0.29, 0.717) is 30.5 Å². The Morgan fingerprint density at radius 2 is 1.54 bits per heavy atom. The highest BCUT2D eigenvalue weighted by Gasteiger charge is 2.33. The highest BCUT2D eigenvalue weighted by atomic mass is 16.5. The lowest BCUT2D eigenvalue weighted by Crippen LogP contribution is -2.15. The molecule has 1 saturated carbocycles. The quantitative estimate of drug-likeness (QED) is 0.313. The highest BCUT2D eigenvalue weighted by molar-refractivity contribution is 5.78. The Kier molecular flexibility index (Phi) is 11.0. The van der Waals surface area contributed by atoms with Crippen molar-refractivity contribution in [2.24, 2.45) is 11.8 Å². The lowest BCUT2D eigenvalue weighted by molar-refractivity contribution is -0.149. The summed E-state index contributed by atoms with van der Waals surface area (Å²) in [6.07, 6.45) is 12.8. The maximum Gasteiger partial charge on any atom is 0.306 e. The van der Waals surface area contributed by atoms with Crippen LogP contribution in [0.25, 0.3) is 0 Å². The van der Waals surface area contributed by atoms with Crippen LogP contribution in [-0.4, -0.2) is 17.9 Å². The molecule has 3 heteroatoms. The SMILES string of the molecule is CCCCCCC(=O)OC1CC(C)C(CCC(=O)CCCCC)C1. The van der Waals surface area contributed by atoms with Crippen LogP contribution >= 0.6 is 0 Å². The smallest absolute Gasteiger partial charge is 0.306 e. The van der Waals surface area contributed by atoms with Gasteiger partial charge in [-0.05, 0) is 43.9 Å². The summed E-state index contributed by atoms with van der Waals surface area (Å²) in [5.74, 6) is 1.48. The van der Waals surface area contributed by atoms with Crippen LogP contribution in [0.4, 0.5) is 0 Å². The number of unbranched alkanes of at least 4 members (excludes halogenated alkanes) is 5. The van der Waals surface area contributed by atoms with Gasteiger partial charge in [0.25, 0.3) is 0 Å². The second-order valence-electron chi connectivity index (χ2n) is 7.67. The minimum Gasteiger partial charge on any atom is -0.462 e. The van der Waals surface area contributed by atoms with Crippen molar-refractivity contribution < 1.29 is 14.3 Å². The monoisotopic (exact) mass is 338 g/mol. The Bertz CT molecular complexity index is 364. The average Bonchev–Trinajstić information content (AvgIpc) is 2.89. The number of ether oxygens (including phenoxy) is 1. The van der Waals surface area contributed by atoms with Gasteiger partial charge < -0.3 is 4.74 Å². The summed E-state index contributed by atoms with van der Waals surface area (Å²) in [5, 5.41) is 0. The minimum atomic E-state index is -0.0282. The zero-order valence-electron chi connectivity index (χ0n) is 16.1. The minimum absolute atomic E-state index is 0.0282. The van der Waals surface area contributed by atoms with Gasteiger partial charge in [-0.3, -0.25) is 9.59 Å². The number of ketones is 1. The zero-order valence-corrected chi connectivity index (χ0v) is 16.1. The van der Waals surface area contributed by atoms with Gasteiger partial charge in [0.2, 0.25) is 0 Å². The lowest BCUT2D eigenvalue weighted by Gasteiger charge is -2.14. The third kappa shape index (κ3) is 8.84. The van der Waals surface area contributed by atoms with Crippen LogP contribution in [0.1, 0.15) is 104 Å². The van der Waals surface area contributed by atoms with Gasteiger partial charge in [-0.15, -0.1) is 0 Å². The van der Waals surface area contributed by atoms with Gasteiger partial charge in [0.1, 0.15) is 11.9 Å². The van der Waals surface area contributed by atoms with E-state index in [2.05, 4.69) is 20.8 Å². The largest absolute Gasteiger partial charge is 0.462 e. The van der Waals surface area contributed by atoms with E-state index in [9.17, 15) is 9.59 Å². The maximum atomic E-state index is 11.9. The van der Waals surface area contributed by atoms with Crippen LogP contribution < -0.4 is 0 Å². The number of carbonyl (C=O) groups excluding carboxylic acids is 2. The number of hydrogen-bond donors (Lipinski definition) is 0. The Hall–Kier alpha value is -0.860. The summed E-state index contributed by atoms with van der Waals surface area (Å²) >= 11 is 0. The molecule has 1 aliphatic carbocycles. The van der Waals surface area contributed by atoms with Gasteiger partial charge in [-0.1, -0.05) is 52.9 Å². The van der Waals surface area contributed by atoms with Gasteiger partial charge in [-0.2, -0.15) is 0 Å². The Morgan fingerprint density at radius 1 is 0.875 bits per heavy atom. The van der Waals surface area contributed by atoms with Crippen molar-refractivity contribution in [1.29, 1.82) is 0 Å². The van der Waals surface area contributed by atoms with E-state index in [1.165, 1.54) is 19.3 Å². The van der Waals surface area contributed by atoms with Crippen molar-refractivity contribution in [3.8, 4) is 0 Å². The Labute approximate surface area is 148 Å².